The van der Waals surface area contributed by atoms with E-state index in [1.807, 2.05) is 18.2 Å². The molecular weight excluding hydrogens is 391 g/mol. The van der Waals surface area contributed by atoms with Gasteiger partial charge in [0.25, 0.3) is 0 Å². The van der Waals surface area contributed by atoms with Gasteiger partial charge in [0.2, 0.25) is 10.0 Å². The third-order valence-corrected chi connectivity index (χ3v) is 7.39. The highest BCUT2D eigenvalue weighted by Crippen LogP contribution is 2.27. The van der Waals surface area contributed by atoms with Crippen molar-refractivity contribution in [3.05, 3.63) is 64.1 Å². The fraction of sp³-hybridized carbons (Fsp3) is 0.368. The summed E-state index contributed by atoms with van der Waals surface area (Å²) in [5, 5.41) is 0.604. The molecule has 4 nitrogen and oxygen atoms in total. The Labute approximate surface area is 165 Å². The third kappa shape index (κ3) is 4.41. The Morgan fingerprint density at radius 2 is 1.77 bits per heavy atom. The highest BCUT2D eigenvalue weighted by Gasteiger charge is 2.32. The maximum atomic E-state index is 12.9. The highest BCUT2D eigenvalue weighted by atomic mass is 35.5. The quantitative estimate of drug-likeness (QED) is 0.746. The zero-order valence-corrected chi connectivity index (χ0v) is 16.9. The number of rotatable bonds is 5. The summed E-state index contributed by atoms with van der Waals surface area (Å²) in [6.07, 6.45) is 0.963. The normalized spacial score (nSPS) is 19.6. The molecule has 1 heterocycles. The molecule has 0 saturated carbocycles. The van der Waals surface area contributed by atoms with Crippen molar-refractivity contribution in [2.75, 3.05) is 26.2 Å². The molecule has 0 radical (unpaired) electrons. The van der Waals surface area contributed by atoms with Crippen LogP contribution in [0.1, 0.15) is 12.5 Å². The van der Waals surface area contributed by atoms with Crippen molar-refractivity contribution in [2.45, 2.75) is 24.3 Å². The van der Waals surface area contributed by atoms with Gasteiger partial charge in [0.15, 0.2) is 0 Å². The van der Waals surface area contributed by atoms with E-state index in [0.717, 1.165) is 13.0 Å². The van der Waals surface area contributed by atoms with Crippen molar-refractivity contribution in [1.82, 2.24) is 9.21 Å². The molecule has 26 heavy (non-hydrogen) atoms. The van der Waals surface area contributed by atoms with Gasteiger partial charge < -0.3 is 0 Å². The zero-order chi connectivity index (χ0) is 18.7. The fourth-order valence-electron chi connectivity index (χ4n) is 3.22. The first kappa shape index (κ1) is 19.6. The molecule has 0 aliphatic carbocycles. The molecule has 0 amide bonds. The molecule has 0 bridgehead atoms. The largest absolute Gasteiger partial charge is 0.298 e. The standard InChI is InChI=1S/C19H22Cl2N2O2S/c1-15-14-23(26(24,25)17-7-8-18(20)19(21)13-17)12-11-22(15)10-9-16-5-3-2-4-6-16/h2-8,13,15H,9-12,14H2,1H3. The summed E-state index contributed by atoms with van der Waals surface area (Å²) in [4.78, 5) is 2.53. The first-order valence-electron chi connectivity index (χ1n) is 8.61. The van der Waals surface area contributed by atoms with E-state index in [1.54, 1.807) is 0 Å². The Bertz CT molecular complexity index is 859. The second kappa shape index (κ2) is 8.28. The summed E-state index contributed by atoms with van der Waals surface area (Å²) in [5.74, 6) is 0. The maximum Gasteiger partial charge on any atom is 0.243 e. The van der Waals surface area contributed by atoms with Gasteiger partial charge in [0.05, 0.1) is 14.9 Å². The summed E-state index contributed by atoms with van der Waals surface area (Å²) in [7, 11) is -3.56. The number of hydrogen-bond donors (Lipinski definition) is 0. The monoisotopic (exact) mass is 412 g/mol. The number of piperazine rings is 1. The van der Waals surface area contributed by atoms with Crippen LogP contribution in [0.2, 0.25) is 10.0 Å². The molecule has 1 unspecified atom stereocenters. The zero-order valence-electron chi connectivity index (χ0n) is 14.6. The Morgan fingerprint density at radius 1 is 1.04 bits per heavy atom. The number of halogens is 2. The van der Waals surface area contributed by atoms with E-state index in [0.29, 0.717) is 24.7 Å². The minimum atomic E-state index is -3.56. The lowest BCUT2D eigenvalue weighted by Gasteiger charge is -2.39. The molecule has 0 N–H and O–H groups in total. The van der Waals surface area contributed by atoms with Gasteiger partial charge in [-0.2, -0.15) is 4.31 Å². The summed E-state index contributed by atoms with van der Waals surface area (Å²) in [6, 6.07) is 15.0. The number of sulfonamides is 1. The predicted molar refractivity (Wildman–Crippen MR) is 106 cm³/mol. The van der Waals surface area contributed by atoms with Crippen molar-refractivity contribution in [3.8, 4) is 0 Å². The minimum absolute atomic E-state index is 0.157. The Kier molecular flexibility index (Phi) is 6.25. The van der Waals surface area contributed by atoms with Gasteiger partial charge in [0.1, 0.15) is 0 Å². The molecule has 1 aliphatic heterocycles. The summed E-state index contributed by atoms with van der Waals surface area (Å²) >= 11 is 11.9. The van der Waals surface area contributed by atoms with Crippen molar-refractivity contribution in [3.63, 3.8) is 0 Å². The number of hydrogen-bond acceptors (Lipinski definition) is 3. The van der Waals surface area contributed by atoms with Gasteiger partial charge in [0, 0.05) is 32.2 Å². The molecule has 1 saturated heterocycles. The van der Waals surface area contributed by atoms with E-state index in [4.69, 9.17) is 23.2 Å². The predicted octanol–water partition coefficient (Wildman–Crippen LogP) is 3.93. The maximum absolute atomic E-state index is 12.9. The van der Waals surface area contributed by atoms with Crippen molar-refractivity contribution in [1.29, 1.82) is 0 Å². The molecule has 0 aromatic heterocycles. The lowest BCUT2D eigenvalue weighted by molar-refractivity contribution is 0.130. The lowest BCUT2D eigenvalue weighted by Crippen LogP contribution is -2.53. The van der Waals surface area contributed by atoms with Crippen LogP contribution >= 0.6 is 23.2 Å². The molecule has 1 fully saturated rings. The van der Waals surface area contributed by atoms with Gasteiger partial charge >= 0.3 is 0 Å². The molecule has 0 spiro atoms. The van der Waals surface area contributed by atoms with Crippen LogP contribution in [-0.4, -0.2) is 49.8 Å². The van der Waals surface area contributed by atoms with E-state index in [9.17, 15) is 8.42 Å². The van der Waals surface area contributed by atoms with E-state index in [2.05, 4.69) is 24.0 Å². The van der Waals surface area contributed by atoms with Crippen LogP contribution in [0.4, 0.5) is 0 Å². The van der Waals surface area contributed by atoms with Crippen molar-refractivity contribution >= 4 is 33.2 Å². The molecule has 7 heteroatoms. The van der Waals surface area contributed by atoms with Crippen LogP contribution in [0.3, 0.4) is 0 Å². The number of benzene rings is 2. The van der Waals surface area contributed by atoms with Crippen molar-refractivity contribution < 1.29 is 8.42 Å². The molecule has 1 aliphatic rings. The van der Waals surface area contributed by atoms with Gasteiger partial charge in [-0.1, -0.05) is 53.5 Å². The van der Waals surface area contributed by atoms with Gasteiger partial charge in [-0.25, -0.2) is 8.42 Å². The second-order valence-electron chi connectivity index (χ2n) is 6.56. The Morgan fingerprint density at radius 3 is 2.42 bits per heavy atom. The Balaban J connectivity index is 1.64. The van der Waals surface area contributed by atoms with Crippen LogP contribution in [0.15, 0.2) is 53.4 Å². The Hall–Kier alpha value is -1.11. The molecule has 1 atom stereocenters. The average Bonchev–Trinajstić information content (AvgIpc) is 2.63. The van der Waals surface area contributed by atoms with Crippen LogP contribution in [0.5, 0.6) is 0 Å². The fourth-order valence-corrected chi connectivity index (χ4v) is 5.12. The first-order valence-corrected chi connectivity index (χ1v) is 10.8. The molecule has 2 aromatic rings. The molecule has 3 rings (SSSR count). The third-order valence-electron chi connectivity index (χ3n) is 4.79. The lowest BCUT2D eigenvalue weighted by atomic mass is 10.1. The minimum Gasteiger partial charge on any atom is -0.298 e. The van der Waals surface area contributed by atoms with Gasteiger partial charge in [-0.3, -0.25) is 4.90 Å². The second-order valence-corrected chi connectivity index (χ2v) is 9.31. The smallest absolute Gasteiger partial charge is 0.243 e. The molecule has 140 valence electrons. The molecule has 2 aromatic carbocycles. The van der Waals surface area contributed by atoms with Crippen LogP contribution < -0.4 is 0 Å². The van der Waals surface area contributed by atoms with Crippen molar-refractivity contribution in [2.24, 2.45) is 0 Å². The van der Waals surface area contributed by atoms with Gasteiger partial charge in [-0.05, 0) is 37.1 Å². The summed E-state index contributed by atoms with van der Waals surface area (Å²) in [6.45, 7) is 4.65. The summed E-state index contributed by atoms with van der Waals surface area (Å²) in [5.41, 5.74) is 1.30. The topological polar surface area (TPSA) is 40.6 Å². The van der Waals surface area contributed by atoms with Crippen LogP contribution in [0.25, 0.3) is 0 Å². The first-order chi connectivity index (χ1) is 12.4. The van der Waals surface area contributed by atoms with E-state index in [1.165, 1.54) is 28.1 Å². The van der Waals surface area contributed by atoms with Crippen LogP contribution in [0, 0.1) is 0 Å². The SMILES string of the molecule is CC1CN(S(=O)(=O)c2ccc(Cl)c(Cl)c2)CCN1CCc1ccccc1. The highest BCUT2D eigenvalue weighted by molar-refractivity contribution is 7.89. The van der Waals surface area contributed by atoms with Gasteiger partial charge in [-0.15, -0.1) is 0 Å². The molecular formula is C19H22Cl2N2O2S. The summed E-state index contributed by atoms with van der Waals surface area (Å²) < 4.78 is 27.3. The number of nitrogens with zero attached hydrogens (tertiary/aromatic N) is 2. The average molecular weight is 413 g/mol. The van der Waals surface area contributed by atoms with E-state index < -0.39 is 10.0 Å². The van der Waals surface area contributed by atoms with Crippen LogP contribution in [-0.2, 0) is 16.4 Å². The van der Waals surface area contributed by atoms with E-state index in [-0.39, 0.29) is 16.0 Å². The van der Waals surface area contributed by atoms with E-state index >= 15 is 0 Å².